The predicted molar refractivity (Wildman–Crippen MR) is 150 cm³/mol. The number of hydrogen-bond acceptors (Lipinski definition) is 8. The predicted octanol–water partition coefficient (Wildman–Crippen LogP) is 3.34. The molecular weight excluding hydrogens is 528 g/mol. The van der Waals surface area contributed by atoms with Crippen LogP contribution < -0.4 is 21.1 Å². The summed E-state index contributed by atoms with van der Waals surface area (Å²) in [5.74, 6) is -0.106. The highest BCUT2D eigenvalue weighted by Crippen LogP contribution is 2.38. The Kier molecular flexibility index (Phi) is 8.13. The Morgan fingerprint density at radius 3 is 2.83 bits per heavy atom. The number of carbonyl (C=O) groups excluding carboxylic acids is 3. The molecule has 0 radical (unpaired) electrons. The number of ether oxygens (including phenoxy) is 2. The third-order valence-corrected chi connectivity index (χ3v) is 6.82. The quantitative estimate of drug-likeness (QED) is 0.235. The van der Waals surface area contributed by atoms with Crippen LogP contribution in [-0.4, -0.2) is 55.4 Å². The van der Waals surface area contributed by atoms with Gasteiger partial charge in [0.25, 0.3) is 5.91 Å². The minimum Gasteiger partial charge on any atom is -0.489 e. The maximum atomic E-state index is 13.3. The van der Waals surface area contributed by atoms with Crippen LogP contribution in [0.15, 0.2) is 42.7 Å². The van der Waals surface area contributed by atoms with Crippen LogP contribution in [0.1, 0.15) is 64.3 Å². The average molecular weight is 561 g/mol. The Balaban J connectivity index is 1.27. The zero-order valence-corrected chi connectivity index (χ0v) is 22.9. The molecule has 0 fully saturated rings. The minimum absolute atomic E-state index is 0.141. The third kappa shape index (κ3) is 6.13. The van der Waals surface area contributed by atoms with Crippen LogP contribution in [0.5, 0.6) is 5.75 Å². The minimum atomic E-state index is -0.595. The molecule has 1 aliphatic rings. The van der Waals surface area contributed by atoms with Crippen LogP contribution in [0.3, 0.4) is 0 Å². The van der Waals surface area contributed by atoms with Crippen molar-refractivity contribution in [2.24, 2.45) is 5.73 Å². The van der Waals surface area contributed by atoms with Gasteiger partial charge in [-0.1, -0.05) is 6.07 Å². The van der Waals surface area contributed by atoms with E-state index in [-0.39, 0.29) is 24.1 Å². The second-order valence-corrected chi connectivity index (χ2v) is 9.78. The van der Waals surface area contributed by atoms with Crippen molar-refractivity contribution in [2.75, 3.05) is 18.5 Å². The van der Waals surface area contributed by atoms with Crippen molar-refractivity contribution in [1.82, 2.24) is 29.6 Å². The molecule has 1 aliphatic heterocycles. The lowest BCUT2D eigenvalue weighted by Crippen LogP contribution is -2.27. The van der Waals surface area contributed by atoms with Crippen molar-refractivity contribution < 1.29 is 23.9 Å². The van der Waals surface area contributed by atoms with Gasteiger partial charge in [0.05, 0.1) is 17.3 Å². The lowest BCUT2D eigenvalue weighted by atomic mass is 10.1. The van der Waals surface area contributed by atoms with E-state index in [1.165, 1.54) is 0 Å². The maximum absolute atomic E-state index is 13.3. The van der Waals surface area contributed by atoms with Gasteiger partial charge in [-0.25, -0.2) is 9.78 Å². The van der Waals surface area contributed by atoms with Gasteiger partial charge in [0, 0.05) is 36.6 Å². The van der Waals surface area contributed by atoms with E-state index in [2.05, 4.69) is 25.7 Å². The number of unbranched alkanes of at least 4 members (excludes halogenated alkanes) is 1. The van der Waals surface area contributed by atoms with Gasteiger partial charge in [0.2, 0.25) is 11.9 Å². The van der Waals surface area contributed by atoms with Crippen LogP contribution in [-0.2, 0) is 17.9 Å². The highest BCUT2D eigenvalue weighted by molar-refractivity contribution is 6.04. The molecule has 1 atom stereocenters. The van der Waals surface area contributed by atoms with Gasteiger partial charge in [0.15, 0.2) is 0 Å². The normalized spacial score (nSPS) is 14.0. The van der Waals surface area contributed by atoms with Crippen molar-refractivity contribution in [2.45, 2.75) is 52.3 Å². The number of nitrogens with two attached hydrogens (primary N) is 1. The number of primary amides is 1. The molecule has 13 nitrogen and oxygen atoms in total. The van der Waals surface area contributed by atoms with E-state index in [0.29, 0.717) is 61.0 Å². The summed E-state index contributed by atoms with van der Waals surface area (Å²) in [7, 11) is 0. The van der Waals surface area contributed by atoms with E-state index in [1.807, 2.05) is 24.5 Å². The fourth-order valence-corrected chi connectivity index (χ4v) is 4.88. The number of nitrogens with zero attached hydrogens (tertiary/aromatic N) is 5. The smallest absolute Gasteiger partial charge is 0.407 e. The van der Waals surface area contributed by atoms with Crippen LogP contribution in [0.4, 0.5) is 10.7 Å². The highest BCUT2D eigenvalue weighted by Gasteiger charge is 2.29. The number of aryl methyl sites for hydroxylation is 2. The van der Waals surface area contributed by atoms with E-state index >= 15 is 0 Å². The maximum Gasteiger partial charge on any atom is 0.407 e. The molecule has 214 valence electrons. The second kappa shape index (κ2) is 12.1. The van der Waals surface area contributed by atoms with Crippen LogP contribution in [0.2, 0.25) is 0 Å². The summed E-state index contributed by atoms with van der Waals surface area (Å²) in [5.41, 5.74) is 8.94. The summed E-state index contributed by atoms with van der Waals surface area (Å²) < 4.78 is 14.8. The van der Waals surface area contributed by atoms with Crippen molar-refractivity contribution in [3.05, 3.63) is 65.2 Å². The molecule has 13 heteroatoms. The number of hydrogen-bond donors (Lipinski definition) is 3. The molecule has 1 aromatic carbocycles. The van der Waals surface area contributed by atoms with E-state index < -0.39 is 12.0 Å². The van der Waals surface area contributed by atoms with Crippen LogP contribution in [0, 0.1) is 6.92 Å². The van der Waals surface area contributed by atoms with Crippen molar-refractivity contribution in [3.63, 3.8) is 0 Å². The van der Waals surface area contributed by atoms with Crippen molar-refractivity contribution >= 4 is 34.9 Å². The fraction of sp³-hybridized carbons (Fsp3) is 0.357. The molecule has 0 unspecified atom stereocenters. The standard InChI is InChI=1S/C28H32N8O5/c1-3-35-22(11-17(2)34-35)26(38)33-27-32-21-12-19(25(29)37)13-23-24(21)36(27)20(16-40-23)8-4-5-10-31-28(39)41-15-18-7-6-9-30-14-18/h6-7,9,11-14,20H,3-5,8,10,15-16H2,1-2H3,(H2,29,37)(H,31,39)(H,32,33,38)/t20-/m0/s1. The first-order valence-electron chi connectivity index (χ1n) is 13.5. The Morgan fingerprint density at radius 2 is 2.07 bits per heavy atom. The molecule has 0 spiro atoms. The first kappa shape index (κ1) is 27.6. The Hall–Kier alpha value is -4.94. The van der Waals surface area contributed by atoms with Crippen molar-refractivity contribution in [3.8, 4) is 5.75 Å². The molecule has 0 saturated carbocycles. The number of anilines is 1. The molecule has 5 rings (SSSR count). The highest BCUT2D eigenvalue weighted by atomic mass is 16.5. The Labute approximate surface area is 236 Å². The number of carbonyl (C=O) groups is 3. The monoisotopic (exact) mass is 560 g/mol. The first-order valence-corrected chi connectivity index (χ1v) is 13.5. The first-order chi connectivity index (χ1) is 19.8. The molecule has 0 bridgehead atoms. The number of imidazole rings is 1. The molecule has 4 N–H and O–H groups in total. The second-order valence-electron chi connectivity index (χ2n) is 9.78. The van der Waals surface area contributed by atoms with Gasteiger partial charge in [-0.15, -0.1) is 0 Å². The summed E-state index contributed by atoms with van der Waals surface area (Å²) in [6, 6.07) is 8.40. The Bertz CT molecular complexity index is 1580. The molecule has 4 aromatic rings. The van der Waals surface area contributed by atoms with E-state index in [1.54, 1.807) is 41.3 Å². The van der Waals surface area contributed by atoms with Crippen LogP contribution in [0.25, 0.3) is 11.0 Å². The van der Waals surface area contributed by atoms with Gasteiger partial charge in [-0.2, -0.15) is 5.10 Å². The zero-order valence-electron chi connectivity index (χ0n) is 22.9. The van der Waals surface area contributed by atoms with Gasteiger partial charge in [-0.3, -0.25) is 24.6 Å². The van der Waals surface area contributed by atoms with Gasteiger partial charge in [0.1, 0.15) is 30.2 Å². The summed E-state index contributed by atoms with van der Waals surface area (Å²) in [6.07, 6.45) is 4.99. The van der Waals surface area contributed by atoms with E-state index in [4.69, 9.17) is 15.2 Å². The van der Waals surface area contributed by atoms with E-state index in [9.17, 15) is 14.4 Å². The molecular formula is C28H32N8O5. The number of alkyl carbamates (subject to hydrolysis) is 1. The molecule has 0 aliphatic carbocycles. The summed E-state index contributed by atoms with van der Waals surface area (Å²) in [5, 5.41) is 10.1. The van der Waals surface area contributed by atoms with Crippen LogP contribution >= 0.6 is 0 Å². The molecule has 41 heavy (non-hydrogen) atoms. The van der Waals surface area contributed by atoms with Gasteiger partial charge in [-0.05, 0) is 57.4 Å². The number of pyridine rings is 1. The molecule has 3 amide bonds. The fourth-order valence-electron chi connectivity index (χ4n) is 4.88. The lowest BCUT2D eigenvalue weighted by Gasteiger charge is -2.27. The SMILES string of the molecule is CCn1nc(C)cc1C(=O)Nc1nc2cc(C(N)=O)cc3c2n1[C@@H](CCCCNC(=O)OCc1cccnc1)CO3. The van der Waals surface area contributed by atoms with Gasteiger partial charge >= 0.3 is 6.09 Å². The summed E-state index contributed by atoms with van der Waals surface area (Å²) in [6.45, 7) is 5.20. The number of nitrogens with one attached hydrogen (secondary N) is 2. The lowest BCUT2D eigenvalue weighted by molar-refractivity contribution is 0.0995. The van der Waals surface area contributed by atoms with Gasteiger partial charge < -0.3 is 25.1 Å². The topological polar surface area (TPSA) is 168 Å². The number of aromatic nitrogens is 5. The van der Waals surface area contributed by atoms with E-state index in [0.717, 1.165) is 17.7 Å². The number of amides is 3. The number of benzene rings is 1. The third-order valence-electron chi connectivity index (χ3n) is 6.82. The Morgan fingerprint density at radius 1 is 1.22 bits per heavy atom. The van der Waals surface area contributed by atoms with Crippen molar-refractivity contribution in [1.29, 1.82) is 0 Å². The average Bonchev–Trinajstić information content (AvgIpc) is 3.54. The molecule has 0 saturated heterocycles. The molecule has 3 aromatic heterocycles. The largest absolute Gasteiger partial charge is 0.489 e. The zero-order chi connectivity index (χ0) is 28.9. The number of rotatable bonds is 11. The summed E-state index contributed by atoms with van der Waals surface area (Å²) in [4.78, 5) is 45.8. The summed E-state index contributed by atoms with van der Waals surface area (Å²) >= 11 is 0. The molecule has 4 heterocycles.